The van der Waals surface area contributed by atoms with Crippen LogP contribution in [-0.2, 0) is 0 Å². The second-order valence-corrected chi connectivity index (χ2v) is 4.71. The maximum Gasteiger partial charge on any atom is 0.115 e. The molecule has 14 heavy (non-hydrogen) atoms. The van der Waals surface area contributed by atoms with Crippen LogP contribution in [-0.4, -0.2) is 52.3 Å². The number of rotatable bonds is 1. The second kappa shape index (κ2) is 4.08. The van der Waals surface area contributed by atoms with Crippen LogP contribution in [0.3, 0.4) is 0 Å². The number of likely N-dealkylation sites (N-methyl/N-ethyl adjacent to an activating group) is 1. The van der Waals surface area contributed by atoms with Crippen LogP contribution in [0, 0.1) is 0 Å². The summed E-state index contributed by atoms with van der Waals surface area (Å²) in [6.45, 7) is 1.04. The second-order valence-electron chi connectivity index (χ2n) is 3.89. The van der Waals surface area contributed by atoms with Crippen molar-refractivity contribution in [2.45, 2.75) is 31.3 Å². The number of hydrazone groups is 1. The first-order valence-electron chi connectivity index (χ1n) is 5.05. The van der Waals surface area contributed by atoms with Crippen molar-refractivity contribution >= 4 is 16.8 Å². The summed E-state index contributed by atoms with van der Waals surface area (Å²) in [5, 5.41) is 18.6. The van der Waals surface area contributed by atoms with Gasteiger partial charge in [0.05, 0.1) is 6.04 Å². The summed E-state index contributed by atoms with van der Waals surface area (Å²) in [5.41, 5.74) is 0. The third-order valence-electron chi connectivity index (χ3n) is 2.98. The first-order valence-corrected chi connectivity index (χ1v) is 6.27. The summed E-state index contributed by atoms with van der Waals surface area (Å²) in [5.74, 6) is 0. The third-order valence-corrected chi connectivity index (χ3v) is 3.72. The zero-order valence-electron chi connectivity index (χ0n) is 8.68. The van der Waals surface area contributed by atoms with Crippen molar-refractivity contribution in [2.24, 2.45) is 5.10 Å². The molecule has 1 saturated heterocycles. The molecule has 0 aromatic rings. The molecule has 2 aliphatic heterocycles. The van der Waals surface area contributed by atoms with Crippen LogP contribution in [0.2, 0.25) is 0 Å². The molecule has 0 amide bonds. The van der Waals surface area contributed by atoms with Crippen molar-refractivity contribution < 1.29 is 5.21 Å². The van der Waals surface area contributed by atoms with Crippen molar-refractivity contribution in [2.75, 3.05) is 19.8 Å². The van der Waals surface area contributed by atoms with E-state index in [1.54, 1.807) is 18.8 Å². The van der Waals surface area contributed by atoms with E-state index >= 15 is 0 Å². The molecular formula is C9H17N3OS. The molecule has 0 aromatic heterocycles. The van der Waals surface area contributed by atoms with Crippen molar-refractivity contribution in [1.29, 1.82) is 0 Å². The summed E-state index contributed by atoms with van der Waals surface area (Å²) in [4.78, 5) is 0. The minimum Gasteiger partial charge on any atom is -0.314 e. The van der Waals surface area contributed by atoms with Gasteiger partial charge in [0.2, 0.25) is 0 Å². The predicted molar refractivity (Wildman–Crippen MR) is 58.6 cm³/mol. The lowest BCUT2D eigenvalue weighted by molar-refractivity contribution is -0.0988. The SMILES string of the molecule is CSC1=NN2CCCCC2C1N(C)O. The Morgan fingerprint density at radius 3 is 3.00 bits per heavy atom. The van der Waals surface area contributed by atoms with Gasteiger partial charge in [-0.25, -0.2) is 0 Å². The number of hydrogen-bond acceptors (Lipinski definition) is 5. The average Bonchev–Trinajstić information content (AvgIpc) is 2.55. The quantitative estimate of drug-likeness (QED) is 0.668. The maximum atomic E-state index is 9.61. The van der Waals surface area contributed by atoms with Crippen LogP contribution in [0.5, 0.6) is 0 Å². The summed E-state index contributed by atoms with van der Waals surface area (Å²) < 4.78 is 0. The van der Waals surface area contributed by atoms with Gasteiger partial charge < -0.3 is 5.21 Å². The van der Waals surface area contributed by atoms with E-state index in [1.165, 1.54) is 17.9 Å². The molecule has 2 unspecified atom stereocenters. The Labute approximate surface area is 88.9 Å². The first kappa shape index (κ1) is 10.3. The Hall–Kier alpha value is -0.260. The number of piperidine rings is 1. The lowest BCUT2D eigenvalue weighted by atomic mass is 9.99. The zero-order valence-corrected chi connectivity index (χ0v) is 9.50. The molecule has 1 N–H and O–H groups in total. The van der Waals surface area contributed by atoms with E-state index in [0.717, 1.165) is 18.0 Å². The fourth-order valence-electron chi connectivity index (χ4n) is 2.31. The number of fused-ring (bicyclic) bond motifs is 1. The summed E-state index contributed by atoms with van der Waals surface area (Å²) in [7, 11) is 1.72. The van der Waals surface area contributed by atoms with Gasteiger partial charge in [0.15, 0.2) is 0 Å². The van der Waals surface area contributed by atoms with E-state index < -0.39 is 0 Å². The number of hydrogen-bond donors (Lipinski definition) is 1. The standard InChI is InChI=1S/C9H17N3OS/c1-11(13)8-7-5-3-4-6-12(7)10-9(8)14-2/h7-8,13H,3-6H2,1-2H3. The van der Waals surface area contributed by atoms with E-state index in [1.807, 2.05) is 6.26 Å². The van der Waals surface area contributed by atoms with Crippen LogP contribution in [0.1, 0.15) is 19.3 Å². The summed E-state index contributed by atoms with van der Waals surface area (Å²) >= 11 is 1.64. The number of thioether (sulfide) groups is 1. The Morgan fingerprint density at radius 2 is 2.36 bits per heavy atom. The molecule has 1 fully saturated rings. The zero-order chi connectivity index (χ0) is 10.1. The summed E-state index contributed by atoms with van der Waals surface area (Å²) in [6.07, 6.45) is 5.64. The van der Waals surface area contributed by atoms with Gasteiger partial charge in [-0.2, -0.15) is 10.2 Å². The van der Waals surface area contributed by atoms with Crippen LogP contribution < -0.4 is 0 Å². The van der Waals surface area contributed by atoms with E-state index in [2.05, 4.69) is 10.1 Å². The molecule has 0 aromatic carbocycles. The Bertz CT molecular complexity index is 244. The van der Waals surface area contributed by atoms with Gasteiger partial charge in [-0.1, -0.05) is 0 Å². The minimum atomic E-state index is 0.0882. The first-order chi connectivity index (χ1) is 6.74. The Balaban J connectivity index is 2.17. The van der Waals surface area contributed by atoms with Gasteiger partial charge in [-0.3, -0.25) is 5.01 Å². The van der Waals surface area contributed by atoms with Gasteiger partial charge in [0.25, 0.3) is 0 Å². The molecule has 2 aliphatic rings. The van der Waals surface area contributed by atoms with E-state index in [-0.39, 0.29) is 6.04 Å². The highest BCUT2D eigenvalue weighted by Gasteiger charge is 2.40. The smallest absolute Gasteiger partial charge is 0.115 e. The average molecular weight is 215 g/mol. The van der Waals surface area contributed by atoms with Crippen molar-refractivity contribution in [3.63, 3.8) is 0 Å². The molecule has 5 heteroatoms. The Kier molecular flexibility index (Phi) is 2.99. The third kappa shape index (κ3) is 1.64. The Morgan fingerprint density at radius 1 is 1.57 bits per heavy atom. The van der Waals surface area contributed by atoms with Crippen molar-refractivity contribution in [1.82, 2.24) is 10.1 Å². The van der Waals surface area contributed by atoms with Gasteiger partial charge in [-0.15, -0.1) is 11.8 Å². The molecule has 0 radical (unpaired) electrons. The molecule has 4 nitrogen and oxygen atoms in total. The topological polar surface area (TPSA) is 39.1 Å². The van der Waals surface area contributed by atoms with Crippen LogP contribution in [0.4, 0.5) is 0 Å². The molecule has 2 rings (SSSR count). The van der Waals surface area contributed by atoms with E-state index in [0.29, 0.717) is 6.04 Å². The molecular weight excluding hydrogens is 198 g/mol. The van der Waals surface area contributed by atoms with Gasteiger partial charge in [-0.05, 0) is 25.5 Å². The predicted octanol–water partition coefficient (Wildman–Crippen LogP) is 1.22. The van der Waals surface area contributed by atoms with E-state index in [9.17, 15) is 5.21 Å². The largest absolute Gasteiger partial charge is 0.314 e. The van der Waals surface area contributed by atoms with Crippen molar-refractivity contribution in [3.05, 3.63) is 0 Å². The van der Waals surface area contributed by atoms with Gasteiger partial charge in [0, 0.05) is 13.6 Å². The molecule has 0 saturated carbocycles. The van der Waals surface area contributed by atoms with Crippen LogP contribution in [0.15, 0.2) is 5.10 Å². The highest BCUT2D eigenvalue weighted by atomic mass is 32.2. The van der Waals surface area contributed by atoms with Crippen LogP contribution in [0.25, 0.3) is 0 Å². The van der Waals surface area contributed by atoms with Crippen LogP contribution >= 0.6 is 11.8 Å². The fourth-order valence-corrected chi connectivity index (χ4v) is 3.05. The molecule has 0 spiro atoms. The normalized spacial score (nSPS) is 32.0. The minimum absolute atomic E-state index is 0.0882. The highest BCUT2D eigenvalue weighted by molar-refractivity contribution is 8.13. The van der Waals surface area contributed by atoms with E-state index in [4.69, 9.17) is 0 Å². The molecule has 80 valence electrons. The monoisotopic (exact) mass is 215 g/mol. The molecule has 2 heterocycles. The molecule has 2 atom stereocenters. The summed E-state index contributed by atoms with van der Waals surface area (Å²) in [6, 6.07) is 0.478. The number of nitrogens with zero attached hydrogens (tertiary/aromatic N) is 3. The molecule has 0 bridgehead atoms. The highest BCUT2D eigenvalue weighted by Crippen LogP contribution is 2.30. The fraction of sp³-hybridized carbons (Fsp3) is 0.889. The maximum absolute atomic E-state index is 9.61. The van der Waals surface area contributed by atoms with Crippen molar-refractivity contribution in [3.8, 4) is 0 Å². The molecule has 0 aliphatic carbocycles. The van der Waals surface area contributed by atoms with Gasteiger partial charge >= 0.3 is 0 Å². The number of hydroxylamine groups is 2. The van der Waals surface area contributed by atoms with Gasteiger partial charge in [0.1, 0.15) is 11.1 Å². The lowest BCUT2D eigenvalue weighted by Crippen LogP contribution is -2.47. The lowest BCUT2D eigenvalue weighted by Gasteiger charge is -2.33.